The number of pyridine rings is 1. The number of hydrogen-bond acceptors (Lipinski definition) is 2. The second kappa shape index (κ2) is 6.66. The van der Waals surface area contributed by atoms with E-state index in [0.29, 0.717) is 5.82 Å². The van der Waals surface area contributed by atoms with Crippen molar-refractivity contribution in [2.75, 3.05) is 5.32 Å². The first-order chi connectivity index (χ1) is 9.47. The lowest BCUT2D eigenvalue weighted by Crippen LogP contribution is -2.21. The molecule has 1 aromatic rings. The van der Waals surface area contributed by atoms with Crippen molar-refractivity contribution in [3.8, 4) is 0 Å². The predicted octanol–water partition coefficient (Wildman–Crippen LogP) is 5.28. The maximum absolute atomic E-state index is 12.5. The summed E-state index contributed by atoms with van der Waals surface area (Å²) < 4.78 is 37.6. The number of nitrogens with zero attached hydrogens (tertiary/aromatic N) is 1. The van der Waals surface area contributed by atoms with Gasteiger partial charge in [-0.3, -0.25) is 0 Å². The van der Waals surface area contributed by atoms with E-state index in [1.807, 2.05) is 0 Å². The summed E-state index contributed by atoms with van der Waals surface area (Å²) in [4.78, 5) is 3.83. The standard InChI is InChI=1S/C14H18ClF3N2/c15-12-8-10(14(16,17)18)9-19-13(12)20-11-6-4-2-1-3-5-7-11/h8-9,11H,1-7H2,(H,19,20). The van der Waals surface area contributed by atoms with E-state index in [9.17, 15) is 13.2 Å². The average Bonchev–Trinajstić information content (AvgIpc) is 2.33. The Kier molecular flexibility index (Phi) is 5.13. The van der Waals surface area contributed by atoms with Crippen molar-refractivity contribution in [2.45, 2.75) is 57.2 Å². The number of halogens is 4. The minimum atomic E-state index is -4.41. The second-order valence-corrected chi connectivity index (χ2v) is 5.65. The largest absolute Gasteiger partial charge is 0.417 e. The van der Waals surface area contributed by atoms with Gasteiger partial charge in [-0.1, -0.05) is 43.7 Å². The van der Waals surface area contributed by atoms with Crippen LogP contribution in [0.3, 0.4) is 0 Å². The second-order valence-electron chi connectivity index (χ2n) is 5.24. The van der Waals surface area contributed by atoms with Crippen LogP contribution >= 0.6 is 11.6 Å². The minimum absolute atomic E-state index is 0.0295. The molecule has 0 aromatic carbocycles. The summed E-state index contributed by atoms with van der Waals surface area (Å²) >= 11 is 5.90. The van der Waals surface area contributed by atoms with Crippen LogP contribution in [-0.4, -0.2) is 11.0 Å². The van der Waals surface area contributed by atoms with Crippen LogP contribution in [0.1, 0.15) is 50.5 Å². The topological polar surface area (TPSA) is 24.9 Å². The minimum Gasteiger partial charge on any atom is -0.366 e. The molecule has 0 aliphatic heterocycles. The van der Waals surface area contributed by atoms with Gasteiger partial charge in [0, 0.05) is 12.2 Å². The van der Waals surface area contributed by atoms with Crippen LogP contribution in [0, 0.1) is 0 Å². The summed E-state index contributed by atoms with van der Waals surface area (Å²) in [6.45, 7) is 0. The van der Waals surface area contributed by atoms with E-state index in [4.69, 9.17) is 11.6 Å². The molecular weight excluding hydrogens is 289 g/mol. The first-order valence-corrected chi connectivity index (χ1v) is 7.34. The lowest BCUT2D eigenvalue weighted by Gasteiger charge is -2.22. The van der Waals surface area contributed by atoms with Crippen LogP contribution in [0.25, 0.3) is 0 Å². The third-order valence-corrected chi connectivity index (χ3v) is 3.90. The molecule has 1 aliphatic carbocycles. The van der Waals surface area contributed by atoms with Gasteiger partial charge in [-0.15, -0.1) is 0 Å². The summed E-state index contributed by atoms with van der Waals surface area (Å²) in [5.41, 5.74) is -0.814. The monoisotopic (exact) mass is 306 g/mol. The molecule has 2 rings (SSSR count). The molecule has 0 atom stereocenters. The lowest BCUT2D eigenvalue weighted by atomic mass is 9.97. The Morgan fingerprint density at radius 3 is 2.25 bits per heavy atom. The molecule has 1 fully saturated rings. The van der Waals surface area contributed by atoms with Crippen molar-refractivity contribution < 1.29 is 13.2 Å². The van der Waals surface area contributed by atoms with Crippen molar-refractivity contribution >= 4 is 17.4 Å². The SMILES string of the molecule is FC(F)(F)c1cnc(NC2CCCCCCC2)c(Cl)c1. The molecule has 1 aliphatic rings. The van der Waals surface area contributed by atoms with Gasteiger partial charge in [0.25, 0.3) is 0 Å². The number of hydrogen-bond donors (Lipinski definition) is 1. The van der Waals surface area contributed by atoms with Crippen LogP contribution in [-0.2, 0) is 6.18 Å². The number of nitrogens with one attached hydrogen (secondary N) is 1. The molecule has 1 heterocycles. The molecular formula is C14H18ClF3N2. The van der Waals surface area contributed by atoms with Crippen LogP contribution < -0.4 is 5.32 Å². The average molecular weight is 307 g/mol. The summed E-state index contributed by atoms with van der Waals surface area (Å²) in [6, 6.07) is 1.18. The molecule has 2 nitrogen and oxygen atoms in total. The van der Waals surface area contributed by atoms with Gasteiger partial charge in [-0.25, -0.2) is 4.98 Å². The summed E-state index contributed by atoms with van der Waals surface area (Å²) in [6.07, 6.45) is 4.42. The smallest absolute Gasteiger partial charge is 0.366 e. The van der Waals surface area contributed by atoms with E-state index < -0.39 is 11.7 Å². The Bertz CT molecular complexity index is 441. The molecule has 0 radical (unpaired) electrons. The zero-order chi connectivity index (χ0) is 14.6. The van der Waals surface area contributed by atoms with Gasteiger partial charge in [-0.05, 0) is 18.9 Å². The number of rotatable bonds is 2. The summed E-state index contributed by atoms with van der Waals surface area (Å²) in [5.74, 6) is 0.352. The molecule has 6 heteroatoms. The Balaban J connectivity index is 2.05. The molecule has 112 valence electrons. The number of anilines is 1. The van der Waals surface area contributed by atoms with Crippen LogP contribution in [0.5, 0.6) is 0 Å². The van der Waals surface area contributed by atoms with E-state index in [2.05, 4.69) is 10.3 Å². The van der Waals surface area contributed by atoms with Gasteiger partial charge in [-0.2, -0.15) is 13.2 Å². The molecule has 0 unspecified atom stereocenters. The maximum atomic E-state index is 12.5. The zero-order valence-electron chi connectivity index (χ0n) is 11.1. The molecule has 1 saturated carbocycles. The van der Waals surface area contributed by atoms with E-state index >= 15 is 0 Å². The molecule has 0 spiro atoms. The van der Waals surface area contributed by atoms with Gasteiger partial charge in [0.2, 0.25) is 0 Å². The number of aromatic nitrogens is 1. The van der Waals surface area contributed by atoms with Gasteiger partial charge >= 0.3 is 6.18 Å². The molecule has 1 N–H and O–H groups in total. The Morgan fingerprint density at radius 2 is 1.70 bits per heavy atom. The first kappa shape index (κ1) is 15.4. The van der Waals surface area contributed by atoms with Crippen molar-refractivity contribution in [3.63, 3.8) is 0 Å². The lowest BCUT2D eigenvalue weighted by molar-refractivity contribution is -0.137. The fraction of sp³-hybridized carbons (Fsp3) is 0.643. The fourth-order valence-corrected chi connectivity index (χ4v) is 2.71. The van der Waals surface area contributed by atoms with E-state index in [-0.39, 0.29) is 11.1 Å². The van der Waals surface area contributed by atoms with Gasteiger partial charge < -0.3 is 5.32 Å². The summed E-state index contributed by atoms with van der Waals surface area (Å²) in [5, 5.41) is 3.21. The Hall–Kier alpha value is -0.970. The number of alkyl halides is 3. The van der Waals surface area contributed by atoms with Crippen LogP contribution in [0.4, 0.5) is 19.0 Å². The van der Waals surface area contributed by atoms with Crippen molar-refractivity contribution in [1.82, 2.24) is 4.98 Å². The fourth-order valence-electron chi connectivity index (χ4n) is 2.49. The highest BCUT2D eigenvalue weighted by atomic mass is 35.5. The zero-order valence-corrected chi connectivity index (χ0v) is 11.9. The van der Waals surface area contributed by atoms with Crippen molar-refractivity contribution in [2.24, 2.45) is 0 Å². The van der Waals surface area contributed by atoms with E-state index in [0.717, 1.165) is 37.9 Å². The van der Waals surface area contributed by atoms with E-state index in [1.54, 1.807) is 0 Å². The maximum Gasteiger partial charge on any atom is 0.417 e. The highest BCUT2D eigenvalue weighted by Crippen LogP contribution is 2.33. The predicted molar refractivity (Wildman–Crippen MR) is 74.0 cm³/mol. The molecule has 20 heavy (non-hydrogen) atoms. The van der Waals surface area contributed by atoms with Crippen LogP contribution in [0.15, 0.2) is 12.3 Å². The quantitative estimate of drug-likeness (QED) is 0.804. The third-order valence-electron chi connectivity index (χ3n) is 3.61. The van der Waals surface area contributed by atoms with Gasteiger partial charge in [0.05, 0.1) is 10.6 Å². The first-order valence-electron chi connectivity index (χ1n) is 6.96. The van der Waals surface area contributed by atoms with Crippen molar-refractivity contribution in [3.05, 3.63) is 22.8 Å². The highest BCUT2D eigenvalue weighted by molar-refractivity contribution is 6.33. The highest BCUT2D eigenvalue weighted by Gasteiger charge is 2.31. The molecule has 0 bridgehead atoms. The molecule has 0 amide bonds. The Labute approximate surface area is 121 Å². The Morgan fingerprint density at radius 1 is 1.10 bits per heavy atom. The molecule has 1 aromatic heterocycles. The van der Waals surface area contributed by atoms with E-state index in [1.165, 1.54) is 19.3 Å². The van der Waals surface area contributed by atoms with Gasteiger partial charge in [0.1, 0.15) is 5.82 Å². The van der Waals surface area contributed by atoms with Crippen LogP contribution in [0.2, 0.25) is 5.02 Å². The van der Waals surface area contributed by atoms with Gasteiger partial charge in [0.15, 0.2) is 0 Å². The summed E-state index contributed by atoms with van der Waals surface area (Å²) in [7, 11) is 0. The van der Waals surface area contributed by atoms with Crippen molar-refractivity contribution in [1.29, 1.82) is 0 Å². The molecule has 0 saturated heterocycles. The third kappa shape index (κ3) is 4.27. The normalized spacial score (nSPS) is 18.4.